The third-order valence-electron chi connectivity index (χ3n) is 9.69. The first-order valence-electron chi connectivity index (χ1n) is 19.1. The summed E-state index contributed by atoms with van der Waals surface area (Å²) in [5, 5.41) is 14.3. The van der Waals surface area contributed by atoms with Crippen LogP contribution in [0.1, 0.15) is 55.5 Å². The Morgan fingerprint density at radius 3 is 2.14 bits per heavy atom. The normalized spacial score (nSPS) is 11.8. The van der Waals surface area contributed by atoms with Crippen LogP contribution in [0.4, 0.5) is 11.4 Å². The standard InChI is InChI=1S/C46H46ClN3O6S/c1-3-5-28-50(29-6-4-2)42-19-12-18-38-37(42)17-13-21-44(38)57(54,55)49-40-27-26-34(47)31-39(40)45(51)48-41(46(52)53)30-32-22-24-33(25-23-32)36-16-10-11-20-43(36)56-35-14-8-7-9-15-35/h7-27,31,41,49H,3-6,28-30H2,1-2H3,(H,48,51)(H,52,53)/t41-/m0/s1. The second-order valence-corrected chi connectivity index (χ2v) is 15.9. The summed E-state index contributed by atoms with van der Waals surface area (Å²) in [5.41, 5.74) is 3.20. The van der Waals surface area contributed by atoms with E-state index in [-0.39, 0.29) is 27.6 Å². The Balaban J connectivity index is 1.21. The van der Waals surface area contributed by atoms with Gasteiger partial charge in [-0.25, -0.2) is 13.2 Å². The largest absolute Gasteiger partial charge is 0.480 e. The zero-order valence-corrected chi connectivity index (χ0v) is 33.5. The van der Waals surface area contributed by atoms with Gasteiger partial charge in [-0.1, -0.05) is 123 Å². The number of fused-ring (bicyclic) bond motifs is 1. The van der Waals surface area contributed by atoms with Crippen LogP contribution in [0.3, 0.4) is 0 Å². The average Bonchev–Trinajstić information content (AvgIpc) is 3.21. The minimum absolute atomic E-state index is 0.0307. The number of halogens is 1. The number of anilines is 2. The van der Waals surface area contributed by atoms with Crippen LogP contribution in [0.25, 0.3) is 21.9 Å². The Labute approximate surface area is 339 Å². The third-order valence-corrected chi connectivity index (χ3v) is 11.3. The smallest absolute Gasteiger partial charge is 0.326 e. The van der Waals surface area contributed by atoms with Crippen molar-refractivity contribution in [2.24, 2.45) is 0 Å². The fourth-order valence-electron chi connectivity index (χ4n) is 6.72. The molecule has 0 saturated carbocycles. The molecule has 6 aromatic rings. The first-order valence-corrected chi connectivity index (χ1v) is 21.0. The van der Waals surface area contributed by atoms with E-state index in [1.807, 2.05) is 84.9 Å². The molecule has 0 spiro atoms. The number of unbranched alkanes of at least 4 members (excludes halogenated alkanes) is 2. The number of ether oxygens (including phenoxy) is 1. The van der Waals surface area contributed by atoms with Gasteiger partial charge < -0.3 is 20.1 Å². The van der Waals surface area contributed by atoms with Gasteiger partial charge in [0.25, 0.3) is 15.9 Å². The number of para-hydroxylation sites is 2. The summed E-state index contributed by atoms with van der Waals surface area (Å²) in [7, 11) is -4.24. The minimum atomic E-state index is -4.24. The highest BCUT2D eigenvalue weighted by atomic mass is 35.5. The number of sulfonamides is 1. The molecule has 0 aliphatic heterocycles. The summed E-state index contributed by atoms with van der Waals surface area (Å²) in [6, 6.07) is 38.1. The van der Waals surface area contributed by atoms with Crippen LogP contribution in [0.15, 0.2) is 138 Å². The summed E-state index contributed by atoms with van der Waals surface area (Å²) >= 11 is 6.31. The maximum atomic E-state index is 14.1. The summed E-state index contributed by atoms with van der Waals surface area (Å²) in [6.07, 6.45) is 4.07. The van der Waals surface area contributed by atoms with Crippen LogP contribution >= 0.6 is 11.6 Å². The van der Waals surface area contributed by atoms with Gasteiger partial charge in [0, 0.05) is 46.6 Å². The number of amides is 1. The lowest BCUT2D eigenvalue weighted by Crippen LogP contribution is -2.42. The number of hydrogen-bond acceptors (Lipinski definition) is 6. The Bertz CT molecular complexity index is 2430. The number of nitrogens with zero attached hydrogens (tertiary/aromatic N) is 1. The van der Waals surface area contributed by atoms with E-state index in [0.717, 1.165) is 61.0 Å². The fourth-order valence-corrected chi connectivity index (χ4v) is 8.19. The van der Waals surface area contributed by atoms with E-state index >= 15 is 0 Å². The number of rotatable bonds is 18. The monoisotopic (exact) mass is 803 g/mol. The Kier molecular flexibility index (Phi) is 13.5. The van der Waals surface area contributed by atoms with E-state index in [1.54, 1.807) is 24.3 Å². The molecule has 57 heavy (non-hydrogen) atoms. The van der Waals surface area contributed by atoms with Crippen molar-refractivity contribution in [2.75, 3.05) is 22.7 Å². The zero-order chi connectivity index (χ0) is 40.4. The van der Waals surface area contributed by atoms with Crippen LogP contribution in [0.5, 0.6) is 11.5 Å². The van der Waals surface area contributed by atoms with Gasteiger partial charge in [0.05, 0.1) is 16.1 Å². The average molecular weight is 804 g/mol. The van der Waals surface area contributed by atoms with Crippen LogP contribution in [-0.2, 0) is 21.2 Å². The third kappa shape index (κ3) is 10.1. The lowest BCUT2D eigenvalue weighted by Gasteiger charge is -2.26. The van der Waals surface area contributed by atoms with Crippen LogP contribution < -0.4 is 19.7 Å². The topological polar surface area (TPSA) is 125 Å². The van der Waals surface area contributed by atoms with Crippen LogP contribution in [0, 0.1) is 0 Å². The number of aliphatic carboxylic acids is 1. The molecule has 0 aliphatic carbocycles. The molecule has 11 heteroatoms. The van der Waals surface area contributed by atoms with Gasteiger partial charge >= 0.3 is 5.97 Å². The van der Waals surface area contributed by atoms with E-state index in [0.29, 0.717) is 22.4 Å². The Hall–Kier alpha value is -5.84. The number of carbonyl (C=O) groups excluding carboxylic acids is 1. The zero-order valence-electron chi connectivity index (χ0n) is 32.0. The van der Waals surface area contributed by atoms with Gasteiger partial charge in [0.1, 0.15) is 17.5 Å². The van der Waals surface area contributed by atoms with Crippen molar-refractivity contribution in [3.63, 3.8) is 0 Å². The van der Waals surface area contributed by atoms with Crippen LogP contribution in [-0.4, -0.2) is 44.5 Å². The van der Waals surface area contributed by atoms with Gasteiger partial charge in [-0.2, -0.15) is 0 Å². The molecule has 294 valence electrons. The molecule has 9 nitrogen and oxygen atoms in total. The molecule has 1 amide bonds. The van der Waals surface area contributed by atoms with E-state index < -0.39 is 27.9 Å². The van der Waals surface area contributed by atoms with Crippen molar-refractivity contribution < 1.29 is 27.9 Å². The molecule has 3 N–H and O–H groups in total. The molecule has 0 saturated heterocycles. The van der Waals surface area contributed by atoms with E-state index in [1.165, 1.54) is 24.3 Å². The number of carbonyl (C=O) groups is 2. The highest BCUT2D eigenvalue weighted by Gasteiger charge is 2.26. The van der Waals surface area contributed by atoms with Gasteiger partial charge in [0.15, 0.2) is 0 Å². The first-order chi connectivity index (χ1) is 27.6. The number of benzene rings is 6. The van der Waals surface area contributed by atoms with Gasteiger partial charge in [-0.15, -0.1) is 0 Å². The quantitative estimate of drug-likeness (QED) is 0.0790. The predicted molar refractivity (Wildman–Crippen MR) is 229 cm³/mol. The van der Waals surface area contributed by atoms with E-state index in [2.05, 4.69) is 28.8 Å². The molecule has 6 rings (SSSR count). The number of hydrogen-bond donors (Lipinski definition) is 3. The number of carboxylic acids is 1. The SMILES string of the molecule is CCCCN(CCCC)c1cccc2c(S(=O)(=O)Nc3ccc(Cl)cc3C(=O)N[C@@H](Cc3ccc(-c4ccccc4Oc4ccccc4)cc3)C(=O)O)cccc12. The maximum absolute atomic E-state index is 14.1. The molecule has 0 aliphatic rings. The lowest BCUT2D eigenvalue weighted by molar-refractivity contribution is -0.139. The number of carboxylic acid groups (broad SMARTS) is 1. The summed E-state index contributed by atoms with van der Waals surface area (Å²) in [6.45, 7) is 6.01. The molecule has 0 unspecified atom stereocenters. The van der Waals surface area contributed by atoms with Gasteiger partial charge in [-0.05, 0) is 72.5 Å². The Morgan fingerprint density at radius 2 is 1.44 bits per heavy atom. The molecular formula is C46H46ClN3O6S. The van der Waals surface area contributed by atoms with Crippen molar-refractivity contribution in [1.29, 1.82) is 0 Å². The fraction of sp³-hybridized carbons (Fsp3) is 0.217. The van der Waals surface area contributed by atoms with Crippen molar-refractivity contribution in [2.45, 2.75) is 56.9 Å². The second-order valence-electron chi connectivity index (χ2n) is 13.8. The molecule has 1 atom stereocenters. The van der Waals surface area contributed by atoms with E-state index in [4.69, 9.17) is 16.3 Å². The van der Waals surface area contributed by atoms with Gasteiger partial charge in [0.2, 0.25) is 0 Å². The first kappa shape index (κ1) is 40.8. The minimum Gasteiger partial charge on any atom is -0.480 e. The lowest BCUT2D eigenvalue weighted by atomic mass is 9.99. The summed E-state index contributed by atoms with van der Waals surface area (Å²) < 4.78 is 37.0. The Morgan fingerprint density at radius 1 is 0.772 bits per heavy atom. The molecule has 6 aromatic carbocycles. The number of nitrogens with one attached hydrogen (secondary N) is 2. The van der Waals surface area contributed by atoms with Gasteiger partial charge in [-0.3, -0.25) is 9.52 Å². The van der Waals surface area contributed by atoms with E-state index in [9.17, 15) is 23.1 Å². The molecular weight excluding hydrogens is 758 g/mol. The molecule has 0 aromatic heterocycles. The molecule has 0 radical (unpaired) electrons. The summed E-state index contributed by atoms with van der Waals surface area (Å²) in [4.78, 5) is 28.6. The second kappa shape index (κ2) is 18.9. The van der Waals surface area contributed by atoms with Crippen molar-refractivity contribution in [3.8, 4) is 22.6 Å². The highest BCUT2D eigenvalue weighted by molar-refractivity contribution is 7.93. The van der Waals surface area contributed by atoms with Crippen molar-refractivity contribution in [1.82, 2.24) is 5.32 Å². The maximum Gasteiger partial charge on any atom is 0.326 e. The predicted octanol–water partition coefficient (Wildman–Crippen LogP) is 10.6. The molecule has 0 heterocycles. The highest BCUT2D eigenvalue weighted by Crippen LogP contribution is 2.35. The molecule has 0 fully saturated rings. The van der Waals surface area contributed by atoms with Crippen LogP contribution in [0.2, 0.25) is 5.02 Å². The molecule has 0 bridgehead atoms. The summed E-state index contributed by atoms with van der Waals surface area (Å²) in [5.74, 6) is -0.681. The van der Waals surface area contributed by atoms with Crippen molar-refractivity contribution in [3.05, 3.63) is 150 Å². The van der Waals surface area contributed by atoms with Crippen molar-refractivity contribution >= 4 is 55.6 Å².